The molecule has 1 aliphatic rings. The number of rotatable bonds is 6. The van der Waals surface area contributed by atoms with Crippen LogP contribution in [0.5, 0.6) is 0 Å². The number of amides is 2. The Balaban J connectivity index is 0.00000289. The van der Waals surface area contributed by atoms with Crippen LogP contribution in [0.2, 0.25) is 0 Å². The Labute approximate surface area is 115 Å². The number of nitrogens with zero attached hydrogens (tertiary/aromatic N) is 1. The topological polar surface area (TPSA) is 75.4 Å². The minimum absolute atomic E-state index is 0. The van der Waals surface area contributed by atoms with Crippen molar-refractivity contribution in [2.24, 2.45) is 5.73 Å². The number of carbonyl (C=O) groups is 2. The van der Waals surface area contributed by atoms with Crippen molar-refractivity contribution in [2.45, 2.75) is 45.1 Å². The van der Waals surface area contributed by atoms with Gasteiger partial charge in [0.25, 0.3) is 0 Å². The van der Waals surface area contributed by atoms with Gasteiger partial charge in [0, 0.05) is 19.5 Å². The molecule has 3 N–H and O–H groups in total. The molecule has 1 aliphatic heterocycles. The van der Waals surface area contributed by atoms with Gasteiger partial charge in [-0.05, 0) is 19.3 Å². The fraction of sp³-hybridized carbons (Fsp3) is 0.833. The summed E-state index contributed by atoms with van der Waals surface area (Å²) in [7, 11) is 0. The van der Waals surface area contributed by atoms with Gasteiger partial charge in [-0.2, -0.15) is 0 Å². The number of carbonyl (C=O) groups excluding carboxylic acids is 2. The molecule has 0 radical (unpaired) electrons. The van der Waals surface area contributed by atoms with Gasteiger partial charge in [0.15, 0.2) is 0 Å². The Kier molecular flexibility index (Phi) is 7.25. The van der Waals surface area contributed by atoms with E-state index in [1.807, 2.05) is 13.8 Å². The lowest BCUT2D eigenvalue weighted by molar-refractivity contribution is -0.133. The van der Waals surface area contributed by atoms with Gasteiger partial charge in [-0.1, -0.05) is 13.8 Å². The molecule has 1 heterocycles. The summed E-state index contributed by atoms with van der Waals surface area (Å²) in [5.74, 6) is -0.0269. The van der Waals surface area contributed by atoms with Gasteiger partial charge in [0.05, 0.1) is 12.1 Å². The number of nitrogens with two attached hydrogens (primary N) is 1. The van der Waals surface area contributed by atoms with Gasteiger partial charge in [-0.3, -0.25) is 9.59 Å². The van der Waals surface area contributed by atoms with Crippen molar-refractivity contribution in [2.75, 3.05) is 19.6 Å². The summed E-state index contributed by atoms with van der Waals surface area (Å²) in [6.45, 7) is 5.32. The Morgan fingerprint density at radius 3 is 2.44 bits per heavy atom. The first kappa shape index (κ1) is 17.2. The van der Waals surface area contributed by atoms with Crippen LogP contribution in [0.4, 0.5) is 0 Å². The van der Waals surface area contributed by atoms with E-state index in [0.717, 1.165) is 19.3 Å². The highest BCUT2D eigenvalue weighted by Gasteiger charge is 2.28. The summed E-state index contributed by atoms with van der Waals surface area (Å²) in [4.78, 5) is 24.9. The first-order valence-electron chi connectivity index (χ1n) is 6.35. The Bertz CT molecular complexity index is 285. The molecular formula is C12H24ClN3O2. The fourth-order valence-corrected chi connectivity index (χ4v) is 2.15. The Morgan fingerprint density at radius 2 is 2.06 bits per heavy atom. The zero-order chi connectivity index (χ0) is 12.9. The highest BCUT2D eigenvalue weighted by atomic mass is 35.5. The smallest absolute Gasteiger partial charge is 0.240 e. The van der Waals surface area contributed by atoms with Gasteiger partial charge < -0.3 is 16.0 Å². The van der Waals surface area contributed by atoms with Gasteiger partial charge in [0.2, 0.25) is 11.8 Å². The van der Waals surface area contributed by atoms with Crippen LogP contribution < -0.4 is 11.1 Å². The molecule has 0 unspecified atom stereocenters. The van der Waals surface area contributed by atoms with E-state index in [4.69, 9.17) is 5.73 Å². The molecule has 0 saturated carbocycles. The minimum atomic E-state index is -0.320. The monoisotopic (exact) mass is 277 g/mol. The van der Waals surface area contributed by atoms with Crippen molar-refractivity contribution in [1.82, 2.24) is 10.2 Å². The molecule has 106 valence electrons. The number of hydrogen-bond acceptors (Lipinski definition) is 3. The average Bonchev–Trinajstić information content (AvgIpc) is 2.72. The van der Waals surface area contributed by atoms with Crippen LogP contribution in [0.25, 0.3) is 0 Å². The first-order chi connectivity index (χ1) is 8.06. The lowest BCUT2D eigenvalue weighted by Gasteiger charge is -2.32. The largest absolute Gasteiger partial charge is 0.348 e. The van der Waals surface area contributed by atoms with Crippen LogP contribution in [0.3, 0.4) is 0 Å². The molecule has 0 bridgehead atoms. The molecule has 18 heavy (non-hydrogen) atoms. The van der Waals surface area contributed by atoms with E-state index in [9.17, 15) is 9.59 Å². The lowest BCUT2D eigenvalue weighted by Crippen LogP contribution is -2.55. The molecule has 1 fully saturated rings. The van der Waals surface area contributed by atoms with Crippen LogP contribution in [0.15, 0.2) is 0 Å². The number of halogens is 1. The van der Waals surface area contributed by atoms with E-state index >= 15 is 0 Å². The maximum absolute atomic E-state index is 11.9. The number of likely N-dealkylation sites (tertiary alicyclic amines) is 1. The molecule has 6 heteroatoms. The van der Waals surface area contributed by atoms with E-state index in [0.29, 0.717) is 19.5 Å². The lowest BCUT2D eigenvalue weighted by atomic mass is 9.93. The molecule has 0 aromatic rings. The summed E-state index contributed by atoms with van der Waals surface area (Å²) in [5.41, 5.74) is 5.40. The summed E-state index contributed by atoms with van der Waals surface area (Å²) in [5, 5.41) is 2.97. The van der Waals surface area contributed by atoms with Crippen molar-refractivity contribution < 1.29 is 9.59 Å². The quantitative estimate of drug-likeness (QED) is 0.749. The maximum Gasteiger partial charge on any atom is 0.240 e. The maximum atomic E-state index is 11.9. The molecule has 0 aromatic carbocycles. The first-order valence-corrected chi connectivity index (χ1v) is 6.35. The molecule has 1 rings (SSSR count). The summed E-state index contributed by atoms with van der Waals surface area (Å²) < 4.78 is 0. The van der Waals surface area contributed by atoms with Crippen LogP contribution in [-0.2, 0) is 9.59 Å². The van der Waals surface area contributed by atoms with E-state index in [-0.39, 0.29) is 36.3 Å². The fourth-order valence-electron chi connectivity index (χ4n) is 2.15. The van der Waals surface area contributed by atoms with Crippen molar-refractivity contribution in [1.29, 1.82) is 0 Å². The third-order valence-corrected chi connectivity index (χ3v) is 3.65. The average molecular weight is 278 g/mol. The third kappa shape index (κ3) is 4.14. The highest BCUT2D eigenvalue weighted by Crippen LogP contribution is 2.14. The molecule has 1 saturated heterocycles. The summed E-state index contributed by atoms with van der Waals surface area (Å²) in [6, 6.07) is 0. The molecule has 2 amide bonds. The van der Waals surface area contributed by atoms with Crippen LogP contribution >= 0.6 is 12.4 Å². The second kappa shape index (κ2) is 7.59. The van der Waals surface area contributed by atoms with Crippen LogP contribution in [0, 0.1) is 0 Å². The highest BCUT2D eigenvalue weighted by molar-refractivity contribution is 5.86. The van der Waals surface area contributed by atoms with Crippen molar-refractivity contribution in [3.8, 4) is 0 Å². The predicted molar refractivity (Wildman–Crippen MR) is 73.6 cm³/mol. The zero-order valence-electron chi connectivity index (χ0n) is 11.2. The number of hydrogen-bond donors (Lipinski definition) is 2. The molecular weight excluding hydrogens is 254 g/mol. The van der Waals surface area contributed by atoms with Crippen LogP contribution in [0.1, 0.15) is 39.5 Å². The molecule has 5 nitrogen and oxygen atoms in total. The second-order valence-corrected chi connectivity index (χ2v) is 4.66. The third-order valence-electron chi connectivity index (χ3n) is 3.65. The van der Waals surface area contributed by atoms with E-state index in [2.05, 4.69) is 5.32 Å². The molecule has 0 aliphatic carbocycles. The Hall–Kier alpha value is -0.810. The van der Waals surface area contributed by atoms with Gasteiger partial charge >= 0.3 is 0 Å². The van der Waals surface area contributed by atoms with E-state index in [1.54, 1.807) is 4.90 Å². The van der Waals surface area contributed by atoms with Gasteiger partial charge in [0.1, 0.15) is 0 Å². The van der Waals surface area contributed by atoms with Crippen molar-refractivity contribution in [3.63, 3.8) is 0 Å². The van der Waals surface area contributed by atoms with E-state index in [1.165, 1.54) is 0 Å². The van der Waals surface area contributed by atoms with Crippen LogP contribution in [-0.4, -0.2) is 41.9 Å². The zero-order valence-corrected chi connectivity index (χ0v) is 12.0. The van der Waals surface area contributed by atoms with Gasteiger partial charge in [-0.15, -0.1) is 12.4 Å². The molecule has 0 aromatic heterocycles. The standard InChI is InChI=1S/C12H23N3O2.ClH/c1-3-12(4-2,9-13)14-10(16)8-15-7-5-6-11(15)17;/h3-9,13H2,1-2H3,(H,14,16);1H. The summed E-state index contributed by atoms with van der Waals surface area (Å²) in [6.07, 6.45) is 3.03. The molecule has 0 spiro atoms. The minimum Gasteiger partial charge on any atom is -0.348 e. The van der Waals surface area contributed by atoms with Gasteiger partial charge in [-0.25, -0.2) is 0 Å². The van der Waals surface area contributed by atoms with Crippen molar-refractivity contribution in [3.05, 3.63) is 0 Å². The second-order valence-electron chi connectivity index (χ2n) is 4.66. The van der Waals surface area contributed by atoms with Crippen molar-refractivity contribution >= 4 is 24.2 Å². The predicted octanol–water partition coefficient (Wildman–Crippen LogP) is 0.664. The Morgan fingerprint density at radius 1 is 1.44 bits per heavy atom. The summed E-state index contributed by atoms with van der Waals surface area (Å²) >= 11 is 0. The SMILES string of the molecule is CCC(CC)(CN)NC(=O)CN1CCCC1=O.Cl. The molecule has 0 atom stereocenters. The van der Waals surface area contributed by atoms with E-state index < -0.39 is 0 Å². The number of nitrogens with one attached hydrogen (secondary N) is 1. The normalized spacial score (nSPS) is 15.5.